The quantitative estimate of drug-likeness (QED) is 0.641. The molecule has 1 amide bonds. The van der Waals surface area contributed by atoms with Gasteiger partial charge in [-0.3, -0.25) is 9.10 Å². The van der Waals surface area contributed by atoms with E-state index in [1.165, 1.54) is 10.6 Å². The van der Waals surface area contributed by atoms with Gasteiger partial charge in [-0.25, -0.2) is 8.42 Å². The molecule has 25 heavy (non-hydrogen) atoms. The van der Waals surface area contributed by atoms with Gasteiger partial charge in [0.2, 0.25) is 15.9 Å². The summed E-state index contributed by atoms with van der Waals surface area (Å²) in [5.41, 5.74) is 1.61. The van der Waals surface area contributed by atoms with Crippen LogP contribution in [0.15, 0.2) is 24.3 Å². The highest BCUT2D eigenvalue weighted by molar-refractivity contribution is 7.92. The van der Waals surface area contributed by atoms with Crippen molar-refractivity contribution in [2.24, 2.45) is 0 Å². The Morgan fingerprint density at radius 1 is 1.16 bits per heavy atom. The average Bonchev–Trinajstić information content (AvgIpc) is 2.50. The predicted octanol–water partition coefficient (Wildman–Crippen LogP) is 2.03. The molecule has 0 saturated heterocycles. The summed E-state index contributed by atoms with van der Waals surface area (Å²) in [6, 6.07) is 7.45. The molecular formula is C18H31N3O3S. The van der Waals surface area contributed by atoms with Crippen LogP contribution in [0.1, 0.15) is 38.2 Å². The Morgan fingerprint density at radius 2 is 1.80 bits per heavy atom. The number of hydrogen-bond donors (Lipinski definition) is 1. The summed E-state index contributed by atoms with van der Waals surface area (Å²) in [5.74, 6) is 0.0646. The lowest BCUT2D eigenvalue weighted by atomic mass is 10.0. The Balaban J connectivity index is 2.75. The molecule has 0 aliphatic rings. The summed E-state index contributed by atoms with van der Waals surface area (Å²) in [4.78, 5) is 14.1. The maximum absolute atomic E-state index is 12.2. The molecule has 6 nitrogen and oxygen atoms in total. The second-order valence-corrected chi connectivity index (χ2v) is 8.71. The van der Waals surface area contributed by atoms with Crippen LogP contribution in [0.25, 0.3) is 0 Å². The van der Waals surface area contributed by atoms with Gasteiger partial charge in [0, 0.05) is 19.5 Å². The molecule has 1 N–H and O–H groups in total. The van der Waals surface area contributed by atoms with Crippen molar-refractivity contribution in [3.8, 4) is 0 Å². The SMILES string of the molecule is CC(C)c1ccccc1N(CCC(=O)NCCCN(C)C)S(C)(=O)=O. The van der Waals surface area contributed by atoms with Gasteiger partial charge in [0.15, 0.2) is 0 Å². The van der Waals surface area contributed by atoms with Crippen molar-refractivity contribution >= 4 is 21.6 Å². The van der Waals surface area contributed by atoms with Crippen LogP contribution in [0.3, 0.4) is 0 Å². The third-order valence-electron chi connectivity index (χ3n) is 3.87. The third-order valence-corrected chi connectivity index (χ3v) is 5.05. The van der Waals surface area contributed by atoms with Crippen molar-refractivity contribution < 1.29 is 13.2 Å². The first-order chi connectivity index (χ1) is 11.6. The molecule has 0 fully saturated rings. The van der Waals surface area contributed by atoms with E-state index in [-0.39, 0.29) is 24.8 Å². The summed E-state index contributed by atoms with van der Waals surface area (Å²) in [6.45, 7) is 5.69. The molecule has 142 valence electrons. The number of benzene rings is 1. The van der Waals surface area contributed by atoms with Gasteiger partial charge < -0.3 is 10.2 Å². The fraction of sp³-hybridized carbons (Fsp3) is 0.611. The maximum atomic E-state index is 12.2. The van der Waals surface area contributed by atoms with E-state index in [4.69, 9.17) is 0 Å². The van der Waals surface area contributed by atoms with Gasteiger partial charge in [-0.1, -0.05) is 32.0 Å². The van der Waals surface area contributed by atoms with E-state index < -0.39 is 10.0 Å². The minimum absolute atomic E-state index is 0.130. The Labute approximate surface area is 152 Å². The van der Waals surface area contributed by atoms with Gasteiger partial charge in [0.1, 0.15) is 0 Å². The number of hydrogen-bond acceptors (Lipinski definition) is 4. The second kappa shape index (κ2) is 9.77. The molecule has 0 heterocycles. The highest BCUT2D eigenvalue weighted by atomic mass is 32.2. The van der Waals surface area contributed by atoms with E-state index >= 15 is 0 Å². The number of nitrogens with one attached hydrogen (secondary N) is 1. The van der Waals surface area contributed by atoms with E-state index in [1.807, 2.05) is 46.1 Å². The fourth-order valence-electron chi connectivity index (χ4n) is 2.58. The van der Waals surface area contributed by atoms with Crippen molar-refractivity contribution in [3.05, 3.63) is 29.8 Å². The third kappa shape index (κ3) is 7.44. The van der Waals surface area contributed by atoms with Crippen molar-refractivity contribution in [2.75, 3.05) is 44.3 Å². The Kier molecular flexibility index (Phi) is 8.38. The first-order valence-electron chi connectivity index (χ1n) is 8.61. The van der Waals surface area contributed by atoms with Crippen LogP contribution in [0.2, 0.25) is 0 Å². The monoisotopic (exact) mass is 369 g/mol. The van der Waals surface area contributed by atoms with Gasteiger partial charge in [-0.15, -0.1) is 0 Å². The van der Waals surface area contributed by atoms with Crippen LogP contribution in [-0.4, -0.2) is 59.2 Å². The Morgan fingerprint density at radius 3 is 2.36 bits per heavy atom. The van der Waals surface area contributed by atoms with Crippen LogP contribution in [0.4, 0.5) is 5.69 Å². The van der Waals surface area contributed by atoms with Gasteiger partial charge >= 0.3 is 0 Å². The van der Waals surface area contributed by atoms with Crippen LogP contribution in [0, 0.1) is 0 Å². The summed E-state index contributed by atoms with van der Waals surface area (Å²) in [5, 5.41) is 2.85. The lowest BCUT2D eigenvalue weighted by Gasteiger charge is -2.26. The topological polar surface area (TPSA) is 69.7 Å². The lowest BCUT2D eigenvalue weighted by Crippen LogP contribution is -2.35. The number of nitrogens with zero attached hydrogens (tertiary/aromatic N) is 2. The van der Waals surface area contributed by atoms with Crippen molar-refractivity contribution in [1.82, 2.24) is 10.2 Å². The molecule has 0 aliphatic heterocycles. The Bertz CT molecular complexity index is 657. The second-order valence-electron chi connectivity index (χ2n) is 6.81. The normalized spacial score (nSPS) is 11.8. The van der Waals surface area contributed by atoms with E-state index in [9.17, 15) is 13.2 Å². The zero-order valence-corrected chi connectivity index (χ0v) is 16.8. The fourth-order valence-corrected chi connectivity index (χ4v) is 3.53. The molecule has 0 aromatic heterocycles. The average molecular weight is 370 g/mol. The van der Waals surface area contributed by atoms with E-state index in [2.05, 4.69) is 10.2 Å². The van der Waals surface area contributed by atoms with Crippen LogP contribution in [0.5, 0.6) is 0 Å². The molecule has 1 aromatic carbocycles. The van der Waals surface area contributed by atoms with Crippen LogP contribution in [-0.2, 0) is 14.8 Å². The minimum Gasteiger partial charge on any atom is -0.356 e. The molecule has 0 saturated carbocycles. The summed E-state index contributed by atoms with van der Waals surface area (Å²) >= 11 is 0. The van der Waals surface area contributed by atoms with Gasteiger partial charge in [-0.05, 0) is 44.6 Å². The molecule has 7 heteroatoms. The van der Waals surface area contributed by atoms with Gasteiger partial charge in [0.25, 0.3) is 0 Å². The molecule has 0 aliphatic carbocycles. The van der Waals surface area contributed by atoms with Crippen LogP contribution < -0.4 is 9.62 Å². The smallest absolute Gasteiger partial charge is 0.232 e. The van der Waals surface area contributed by atoms with Crippen molar-refractivity contribution in [2.45, 2.75) is 32.6 Å². The van der Waals surface area contributed by atoms with Gasteiger partial charge in [-0.2, -0.15) is 0 Å². The maximum Gasteiger partial charge on any atom is 0.232 e. The molecule has 0 spiro atoms. The summed E-state index contributed by atoms with van der Waals surface area (Å²) in [6.07, 6.45) is 2.19. The molecule has 1 rings (SSSR count). The van der Waals surface area contributed by atoms with Crippen molar-refractivity contribution in [1.29, 1.82) is 0 Å². The molecule has 1 aromatic rings. The van der Waals surface area contributed by atoms with E-state index in [0.717, 1.165) is 18.5 Å². The molecule has 0 unspecified atom stereocenters. The molecular weight excluding hydrogens is 338 g/mol. The summed E-state index contributed by atoms with van der Waals surface area (Å²) < 4.78 is 25.8. The number of sulfonamides is 1. The molecule has 0 bridgehead atoms. The molecule has 0 atom stereocenters. The number of para-hydroxylation sites is 1. The Hall–Kier alpha value is -1.60. The first-order valence-corrected chi connectivity index (χ1v) is 10.5. The standard InChI is InChI=1S/C18H31N3O3S/c1-15(2)16-9-6-7-10-17(16)21(25(5,23)24)14-11-18(22)19-12-8-13-20(3)4/h6-7,9-10,15H,8,11-14H2,1-5H3,(H,19,22). The number of rotatable bonds is 10. The number of carbonyl (C=O) groups excluding carboxylic acids is 1. The predicted molar refractivity (Wildman–Crippen MR) is 104 cm³/mol. The van der Waals surface area contributed by atoms with E-state index in [0.29, 0.717) is 12.2 Å². The van der Waals surface area contributed by atoms with Crippen molar-refractivity contribution in [3.63, 3.8) is 0 Å². The first kappa shape index (κ1) is 21.4. The highest BCUT2D eigenvalue weighted by Gasteiger charge is 2.21. The largest absolute Gasteiger partial charge is 0.356 e. The summed E-state index contributed by atoms with van der Waals surface area (Å²) in [7, 11) is 0.509. The minimum atomic E-state index is -3.46. The van der Waals surface area contributed by atoms with E-state index in [1.54, 1.807) is 6.07 Å². The lowest BCUT2D eigenvalue weighted by molar-refractivity contribution is -0.120. The van der Waals surface area contributed by atoms with Crippen LogP contribution >= 0.6 is 0 Å². The number of anilines is 1. The number of carbonyl (C=O) groups is 1. The highest BCUT2D eigenvalue weighted by Crippen LogP contribution is 2.29. The zero-order valence-electron chi connectivity index (χ0n) is 15.9. The zero-order chi connectivity index (χ0) is 19.0. The number of amides is 1. The van der Waals surface area contributed by atoms with Gasteiger partial charge in [0.05, 0.1) is 11.9 Å². The molecule has 0 radical (unpaired) electrons.